The minimum absolute atomic E-state index is 0. The maximum atomic E-state index is 12.4. The molecule has 2 unspecified atom stereocenters. The number of amides is 2. The molecule has 1 saturated carbocycles. The number of piperidine rings is 1. The van der Waals surface area contributed by atoms with Gasteiger partial charge in [0.05, 0.1) is 12.5 Å². The Labute approximate surface area is 146 Å². The van der Waals surface area contributed by atoms with E-state index in [1.54, 1.807) is 0 Å². The molecule has 1 saturated heterocycles. The smallest absolute Gasteiger partial charge is 0.236 e. The van der Waals surface area contributed by atoms with Crippen LogP contribution in [0.15, 0.2) is 0 Å². The molecule has 2 aliphatic rings. The summed E-state index contributed by atoms with van der Waals surface area (Å²) in [6.07, 6.45) is 6.49. The fourth-order valence-electron chi connectivity index (χ4n) is 3.01. The first-order chi connectivity index (χ1) is 10.6. The van der Waals surface area contributed by atoms with Crippen LogP contribution >= 0.6 is 12.4 Å². The number of carbonyl (C=O) groups excluding carboxylic acids is 2. The zero-order valence-electron chi connectivity index (χ0n) is 14.5. The van der Waals surface area contributed by atoms with E-state index >= 15 is 0 Å². The molecule has 134 valence electrons. The molecule has 0 aromatic carbocycles. The van der Waals surface area contributed by atoms with Crippen molar-refractivity contribution in [1.82, 2.24) is 15.5 Å². The fraction of sp³-hybridized carbons (Fsp3) is 0.882. The maximum absolute atomic E-state index is 12.4. The highest BCUT2D eigenvalue weighted by atomic mass is 35.5. The van der Waals surface area contributed by atoms with Crippen molar-refractivity contribution in [3.63, 3.8) is 0 Å². The van der Waals surface area contributed by atoms with Crippen LogP contribution in [0.1, 0.15) is 52.4 Å². The SMILES string of the molecule is CCCCNC(=O)C1CCC(C)N(C(=O)CNCC2CC2)C1.Cl. The standard InChI is InChI=1S/C17H31N3O2.ClH/c1-3-4-9-19-17(22)15-8-5-13(2)20(12-15)16(21)11-18-10-14-6-7-14;/h13-15,18H,3-12H2,1-2H3,(H,19,22);1H. The predicted octanol–water partition coefficient (Wildman–Crippen LogP) is 1.95. The quantitative estimate of drug-likeness (QED) is 0.661. The van der Waals surface area contributed by atoms with Crippen LogP contribution in [0, 0.1) is 11.8 Å². The van der Waals surface area contributed by atoms with E-state index in [0.29, 0.717) is 13.1 Å². The lowest BCUT2D eigenvalue weighted by Gasteiger charge is -2.37. The van der Waals surface area contributed by atoms with Crippen LogP contribution in [0.4, 0.5) is 0 Å². The van der Waals surface area contributed by atoms with Crippen LogP contribution in [0.2, 0.25) is 0 Å². The molecule has 5 nitrogen and oxygen atoms in total. The summed E-state index contributed by atoms with van der Waals surface area (Å²) < 4.78 is 0. The highest BCUT2D eigenvalue weighted by molar-refractivity contribution is 5.85. The van der Waals surface area contributed by atoms with Gasteiger partial charge in [-0.25, -0.2) is 0 Å². The third kappa shape index (κ3) is 6.68. The van der Waals surface area contributed by atoms with Gasteiger partial charge >= 0.3 is 0 Å². The van der Waals surface area contributed by atoms with E-state index in [2.05, 4.69) is 24.5 Å². The molecule has 2 rings (SSSR count). The van der Waals surface area contributed by atoms with Crippen molar-refractivity contribution < 1.29 is 9.59 Å². The number of halogens is 1. The molecule has 1 aliphatic heterocycles. The van der Waals surface area contributed by atoms with E-state index in [9.17, 15) is 9.59 Å². The summed E-state index contributed by atoms with van der Waals surface area (Å²) in [6, 6.07) is 0.245. The molecular weight excluding hydrogens is 314 g/mol. The highest BCUT2D eigenvalue weighted by Gasteiger charge is 2.32. The molecule has 0 radical (unpaired) electrons. The molecule has 1 aliphatic carbocycles. The molecule has 2 fully saturated rings. The summed E-state index contributed by atoms with van der Waals surface area (Å²) in [7, 11) is 0. The lowest BCUT2D eigenvalue weighted by molar-refractivity contribution is -0.137. The van der Waals surface area contributed by atoms with Gasteiger partial charge in [-0.1, -0.05) is 13.3 Å². The molecule has 0 aromatic heterocycles. The molecule has 2 N–H and O–H groups in total. The van der Waals surface area contributed by atoms with Gasteiger partial charge in [0.25, 0.3) is 0 Å². The van der Waals surface area contributed by atoms with Gasteiger partial charge in [0, 0.05) is 19.1 Å². The van der Waals surface area contributed by atoms with Gasteiger partial charge in [-0.2, -0.15) is 0 Å². The van der Waals surface area contributed by atoms with Gasteiger partial charge < -0.3 is 15.5 Å². The Hall–Kier alpha value is -0.810. The molecule has 2 amide bonds. The number of hydrogen-bond donors (Lipinski definition) is 2. The summed E-state index contributed by atoms with van der Waals surface area (Å²) in [5.74, 6) is 0.993. The van der Waals surface area contributed by atoms with E-state index < -0.39 is 0 Å². The highest BCUT2D eigenvalue weighted by Crippen LogP contribution is 2.27. The average molecular weight is 346 g/mol. The van der Waals surface area contributed by atoms with E-state index in [4.69, 9.17) is 0 Å². The predicted molar refractivity (Wildman–Crippen MR) is 94.7 cm³/mol. The van der Waals surface area contributed by atoms with Crippen molar-refractivity contribution in [2.24, 2.45) is 11.8 Å². The number of nitrogens with zero attached hydrogens (tertiary/aromatic N) is 1. The normalized spacial score (nSPS) is 24.0. The second kappa shape index (κ2) is 10.1. The minimum atomic E-state index is -0.0413. The number of carbonyl (C=O) groups is 2. The Morgan fingerprint density at radius 1 is 1.17 bits per heavy atom. The average Bonchev–Trinajstić information content (AvgIpc) is 3.32. The summed E-state index contributed by atoms with van der Waals surface area (Å²) in [4.78, 5) is 26.5. The van der Waals surface area contributed by atoms with Gasteiger partial charge in [-0.05, 0) is 51.5 Å². The van der Waals surface area contributed by atoms with E-state index in [-0.39, 0.29) is 36.2 Å². The van der Waals surface area contributed by atoms with Crippen molar-refractivity contribution in [3.05, 3.63) is 0 Å². The first-order valence-electron chi connectivity index (χ1n) is 8.89. The first kappa shape index (κ1) is 20.2. The van der Waals surface area contributed by atoms with Gasteiger partial charge in [-0.3, -0.25) is 9.59 Å². The zero-order valence-corrected chi connectivity index (χ0v) is 15.3. The lowest BCUT2D eigenvalue weighted by Crippen LogP contribution is -2.51. The molecule has 6 heteroatoms. The second-order valence-electron chi connectivity index (χ2n) is 6.89. The number of likely N-dealkylation sites (tertiary alicyclic amines) is 1. The van der Waals surface area contributed by atoms with Gasteiger partial charge in [-0.15, -0.1) is 12.4 Å². The molecule has 0 bridgehead atoms. The second-order valence-corrected chi connectivity index (χ2v) is 6.89. The van der Waals surface area contributed by atoms with Crippen molar-refractivity contribution in [2.45, 2.75) is 58.4 Å². The molecule has 23 heavy (non-hydrogen) atoms. The summed E-state index contributed by atoms with van der Waals surface area (Å²) in [5.41, 5.74) is 0. The van der Waals surface area contributed by atoms with Crippen molar-refractivity contribution >= 4 is 24.2 Å². The van der Waals surface area contributed by atoms with Crippen molar-refractivity contribution in [1.29, 1.82) is 0 Å². The van der Waals surface area contributed by atoms with Crippen LogP contribution < -0.4 is 10.6 Å². The van der Waals surface area contributed by atoms with Crippen LogP contribution in [-0.2, 0) is 9.59 Å². The molecule has 2 atom stereocenters. The third-order valence-corrected chi connectivity index (χ3v) is 4.81. The Morgan fingerprint density at radius 3 is 2.57 bits per heavy atom. The number of nitrogens with one attached hydrogen (secondary N) is 2. The van der Waals surface area contributed by atoms with Crippen LogP contribution in [0.25, 0.3) is 0 Å². The topological polar surface area (TPSA) is 61.4 Å². The fourth-order valence-corrected chi connectivity index (χ4v) is 3.01. The minimum Gasteiger partial charge on any atom is -0.356 e. The summed E-state index contributed by atoms with van der Waals surface area (Å²) in [5, 5.41) is 6.26. The van der Waals surface area contributed by atoms with Gasteiger partial charge in [0.15, 0.2) is 0 Å². The van der Waals surface area contributed by atoms with Crippen LogP contribution in [-0.4, -0.2) is 48.9 Å². The Balaban J connectivity index is 0.00000264. The number of hydrogen-bond acceptors (Lipinski definition) is 3. The number of rotatable bonds is 8. The molecule has 0 spiro atoms. The Kier molecular flexibility index (Phi) is 8.92. The lowest BCUT2D eigenvalue weighted by atomic mass is 9.92. The van der Waals surface area contributed by atoms with Crippen LogP contribution in [0.3, 0.4) is 0 Å². The molecular formula is C17H32ClN3O2. The summed E-state index contributed by atoms with van der Waals surface area (Å²) in [6.45, 7) is 6.88. The van der Waals surface area contributed by atoms with E-state index in [1.165, 1.54) is 12.8 Å². The van der Waals surface area contributed by atoms with Crippen molar-refractivity contribution in [2.75, 3.05) is 26.2 Å². The van der Waals surface area contributed by atoms with Crippen molar-refractivity contribution in [3.8, 4) is 0 Å². The first-order valence-corrected chi connectivity index (χ1v) is 8.89. The summed E-state index contributed by atoms with van der Waals surface area (Å²) >= 11 is 0. The van der Waals surface area contributed by atoms with Gasteiger partial charge in [0.1, 0.15) is 0 Å². The van der Waals surface area contributed by atoms with Gasteiger partial charge in [0.2, 0.25) is 11.8 Å². The largest absolute Gasteiger partial charge is 0.356 e. The van der Waals surface area contributed by atoms with E-state index in [1.807, 2.05) is 4.90 Å². The number of unbranched alkanes of at least 4 members (excludes halogenated alkanes) is 1. The third-order valence-electron chi connectivity index (χ3n) is 4.81. The zero-order chi connectivity index (χ0) is 15.9. The Bertz CT molecular complexity index is 388. The molecule has 0 aromatic rings. The monoisotopic (exact) mass is 345 g/mol. The van der Waals surface area contributed by atoms with E-state index in [0.717, 1.165) is 44.7 Å². The Morgan fingerprint density at radius 2 is 1.91 bits per heavy atom. The van der Waals surface area contributed by atoms with Crippen LogP contribution in [0.5, 0.6) is 0 Å². The maximum Gasteiger partial charge on any atom is 0.236 e. The molecule has 1 heterocycles.